The van der Waals surface area contributed by atoms with Crippen LogP contribution in [-0.2, 0) is 12.8 Å². The molecule has 0 aliphatic heterocycles. The van der Waals surface area contributed by atoms with Crippen LogP contribution in [0.25, 0.3) is 5.69 Å². The van der Waals surface area contributed by atoms with E-state index in [1.165, 1.54) is 0 Å². The van der Waals surface area contributed by atoms with Crippen LogP contribution >= 0.6 is 0 Å². The van der Waals surface area contributed by atoms with Gasteiger partial charge in [0.25, 0.3) is 0 Å². The maximum Gasteiger partial charge on any atom is 0.102 e. The molecule has 0 amide bonds. The monoisotopic (exact) mass is 226 g/mol. The molecule has 2 aromatic heterocycles. The minimum absolute atomic E-state index is 0.598. The molecule has 4 heteroatoms. The van der Waals surface area contributed by atoms with E-state index in [1.807, 2.05) is 4.68 Å². The zero-order valence-electron chi connectivity index (χ0n) is 10.0. The van der Waals surface area contributed by atoms with E-state index < -0.39 is 0 Å². The Morgan fingerprint density at radius 2 is 2.18 bits per heavy atom. The van der Waals surface area contributed by atoms with E-state index in [2.05, 4.69) is 36.1 Å². The molecule has 17 heavy (non-hydrogen) atoms. The lowest BCUT2D eigenvalue weighted by molar-refractivity contribution is 0.788. The van der Waals surface area contributed by atoms with Crippen molar-refractivity contribution in [3.05, 3.63) is 41.5 Å². The van der Waals surface area contributed by atoms with Gasteiger partial charge in [0.1, 0.15) is 11.8 Å². The molecular formula is C13H14N4. The van der Waals surface area contributed by atoms with Crippen molar-refractivity contribution in [1.29, 1.82) is 5.26 Å². The molecule has 0 fully saturated rings. The standard InChI is InChI=1S/C13H14N4/c1-3-11-7-12(4-2)17(16-11)13-9-15-6-5-10(13)8-14/h5-7,9H,3-4H2,1-2H3. The molecule has 0 aliphatic carbocycles. The van der Waals surface area contributed by atoms with E-state index in [4.69, 9.17) is 5.26 Å². The molecule has 0 atom stereocenters. The van der Waals surface area contributed by atoms with Crippen LogP contribution in [-0.4, -0.2) is 14.8 Å². The van der Waals surface area contributed by atoms with Gasteiger partial charge in [-0.05, 0) is 25.0 Å². The molecule has 0 unspecified atom stereocenters. The highest BCUT2D eigenvalue weighted by atomic mass is 15.3. The lowest BCUT2D eigenvalue weighted by atomic mass is 10.2. The number of nitrogens with zero attached hydrogens (tertiary/aromatic N) is 4. The Morgan fingerprint density at radius 1 is 1.35 bits per heavy atom. The largest absolute Gasteiger partial charge is 0.262 e. The van der Waals surface area contributed by atoms with Crippen molar-refractivity contribution in [3.8, 4) is 11.8 Å². The van der Waals surface area contributed by atoms with Gasteiger partial charge in [-0.25, -0.2) is 4.68 Å². The van der Waals surface area contributed by atoms with Crippen LogP contribution in [0.4, 0.5) is 0 Å². The van der Waals surface area contributed by atoms with E-state index in [0.29, 0.717) is 5.56 Å². The molecule has 0 aromatic carbocycles. The third-order valence-corrected chi connectivity index (χ3v) is 2.71. The van der Waals surface area contributed by atoms with Gasteiger partial charge >= 0.3 is 0 Å². The van der Waals surface area contributed by atoms with Crippen LogP contribution in [0.2, 0.25) is 0 Å². The average molecular weight is 226 g/mol. The summed E-state index contributed by atoms with van der Waals surface area (Å²) in [7, 11) is 0. The van der Waals surface area contributed by atoms with E-state index in [-0.39, 0.29) is 0 Å². The summed E-state index contributed by atoms with van der Waals surface area (Å²) < 4.78 is 1.82. The van der Waals surface area contributed by atoms with Gasteiger partial charge in [0, 0.05) is 11.9 Å². The van der Waals surface area contributed by atoms with E-state index in [0.717, 1.165) is 29.9 Å². The number of hydrogen-bond acceptors (Lipinski definition) is 3. The highest BCUT2D eigenvalue weighted by molar-refractivity contribution is 5.47. The van der Waals surface area contributed by atoms with Crippen molar-refractivity contribution in [2.24, 2.45) is 0 Å². The molecule has 2 aromatic rings. The number of rotatable bonds is 3. The molecule has 0 spiro atoms. The maximum atomic E-state index is 9.09. The summed E-state index contributed by atoms with van der Waals surface area (Å²) in [6.45, 7) is 4.15. The molecule has 86 valence electrons. The first-order chi connectivity index (χ1) is 8.30. The summed E-state index contributed by atoms with van der Waals surface area (Å²) in [6, 6.07) is 5.96. The number of aromatic nitrogens is 3. The van der Waals surface area contributed by atoms with Crippen molar-refractivity contribution in [1.82, 2.24) is 14.8 Å². The van der Waals surface area contributed by atoms with E-state index in [1.54, 1.807) is 18.5 Å². The fraction of sp³-hybridized carbons (Fsp3) is 0.308. The third kappa shape index (κ3) is 2.04. The summed E-state index contributed by atoms with van der Waals surface area (Å²) >= 11 is 0. The number of nitriles is 1. The summed E-state index contributed by atoms with van der Waals surface area (Å²) in [4.78, 5) is 4.07. The minimum atomic E-state index is 0.598. The second-order valence-electron chi connectivity index (χ2n) is 3.75. The van der Waals surface area contributed by atoms with Crippen LogP contribution < -0.4 is 0 Å². The van der Waals surface area contributed by atoms with Gasteiger partial charge in [-0.15, -0.1) is 0 Å². The second kappa shape index (κ2) is 4.79. The molecular weight excluding hydrogens is 212 g/mol. The van der Waals surface area contributed by atoms with Gasteiger partial charge < -0.3 is 0 Å². The summed E-state index contributed by atoms with van der Waals surface area (Å²) in [5, 5.41) is 13.6. The second-order valence-corrected chi connectivity index (χ2v) is 3.75. The molecule has 0 N–H and O–H groups in total. The summed E-state index contributed by atoms with van der Waals surface area (Å²) in [5.41, 5.74) is 3.49. The predicted molar refractivity (Wildman–Crippen MR) is 64.8 cm³/mol. The Labute approximate surface area is 101 Å². The van der Waals surface area contributed by atoms with Gasteiger partial charge in [-0.3, -0.25) is 4.98 Å². The van der Waals surface area contributed by atoms with Crippen LogP contribution in [0.1, 0.15) is 30.8 Å². The summed E-state index contributed by atoms with van der Waals surface area (Å²) in [6.07, 6.45) is 5.08. The Bertz CT molecular complexity index is 563. The van der Waals surface area contributed by atoms with Crippen molar-refractivity contribution >= 4 is 0 Å². The number of pyridine rings is 1. The Balaban J connectivity index is 2.60. The Hall–Kier alpha value is -2.15. The zero-order valence-corrected chi connectivity index (χ0v) is 10.0. The van der Waals surface area contributed by atoms with Crippen molar-refractivity contribution in [2.45, 2.75) is 26.7 Å². The molecule has 2 heterocycles. The highest BCUT2D eigenvalue weighted by Crippen LogP contribution is 2.16. The van der Waals surface area contributed by atoms with Crippen molar-refractivity contribution < 1.29 is 0 Å². The molecule has 0 aliphatic rings. The summed E-state index contributed by atoms with van der Waals surface area (Å²) in [5.74, 6) is 0. The lowest BCUT2D eigenvalue weighted by Crippen LogP contribution is -2.04. The normalized spacial score (nSPS) is 10.2. The first-order valence-electron chi connectivity index (χ1n) is 5.72. The fourth-order valence-electron chi connectivity index (χ4n) is 1.76. The number of aryl methyl sites for hydroxylation is 2. The zero-order chi connectivity index (χ0) is 12.3. The SMILES string of the molecule is CCc1cc(CC)n(-c2cnccc2C#N)n1. The molecule has 0 saturated heterocycles. The highest BCUT2D eigenvalue weighted by Gasteiger charge is 2.10. The molecule has 4 nitrogen and oxygen atoms in total. The lowest BCUT2D eigenvalue weighted by Gasteiger charge is -2.06. The van der Waals surface area contributed by atoms with Crippen molar-refractivity contribution in [3.63, 3.8) is 0 Å². The first-order valence-corrected chi connectivity index (χ1v) is 5.72. The van der Waals surface area contributed by atoms with Crippen LogP contribution in [0.5, 0.6) is 0 Å². The van der Waals surface area contributed by atoms with Gasteiger partial charge in [0.2, 0.25) is 0 Å². The van der Waals surface area contributed by atoms with E-state index in [9.17, 15) is 0 Å². The molecule has 0 radical (unpaired) electrons. The first kappa shape index (κ1) is 11.3. The smallest absolute Gasteiger partial charge is 0.102 e. The van der Waals surface area contributed by atoms with Crippen LogP contribution in [0.3, 0.4) is 0 Å². The topological polar surface area (TPSA) is 54.5 Å². The molecule has 2 rings (SSSR count). The predicted octanol–water partition coefficient (Wildman–Crippen LogP) is 2.26. The average Bonchev–Trinajstić information content (AvgIpc) is 2.81. The molecule has 0 bridgehead atoms. The van der Waals surface area contributed by atoms with Gasteiger partial charge in [0.05, 0.1) is 17.5 Å². The van der Waals surface area contributed by atoms with Crippen molar-refractivity contribution in [2.75, 3.05) is 0 Å². The number of hydrogen-bond donors (Lipinski definition) is 0. The van der Waals surface area contributed by atoms with Crippen LogP contribution in [0, 0.1) is 11.3 Å². The maximum absolute atomic E-state index is 9.09. The quantitative estimate of drug-likeness (QED) is 0.806. The van der Waals surface area contributed by atoms with Gasteiger partial charge in [0.15, 0.2) is 0 Å². The Kier molecular flexibility index (Phi) is 3.20. The fourth-order valence-corrected chi connectivity index (χ4v) is 1.76. The minimum Gasteiger partial charge on any atom is -0.262 e. The van der Waals surface area contributed by atoms with E-state index >= 15 is 0 Å². The third-order valence-electron chi connectivity index (χ3n) is 2.71. The van der Waals surface area contributed by atoms with Gasteiger partial charge in [-0.2, -0.15) is 10.4 Å². The molecule has 0 saturated carbocycles. The Morgan fingerprint density at radius 3 is 2.82 bits per heavy atom. The van der Waals surface area contributed by atoms with Gasteiger partial charge in [-0.1, -0.05) is 13.8 Å². The van der Waals surface area contributed by atoms with Crippen LogP contribution in [0.15, 0.2) is 24.5 Å².